The van der Waals surface area contributed by atoms with Gasteiger partial charge in [-0.05, 0) is 24.8 Å². The van der Waals surface area contributed by atoms with E-state index in [1.807, 2.05) is 37.3 Å². The lowest BCUT2D eigenvalue weighted by Gasteiger charge is -2.19. The Labute approximate surface area is 119 Å². The molecule has 0 aromatic heterocycles. The first kappa shape index (κ1) is 15.8. The lowest BCUT2D eigenvalue weighted by atomic mass is 10.2. The largest absolute Gasteiger partial charge is 0.445 e. The molecule has 0 aliphatic rings. The van der Waals surface area contributed by atoms with E-state index in [4.69, 9.17) is 4.74 Å². The second kappa shape index (κ2) is 8.76. The zero-order valence-corrected chi connectivity index (χ0v) is 11.9. The summed E-state index contributed by atoms with van der Waals surface area (Å²) in [4.78, 5) is 24.8. The van der Waals surface area contributed by atoms with Crippen LogP contribution in [0.4, 0.5) is 4.79 Å². The highest BCUT2D eigenvalue weighted by Crippen LogP contribution is 2.04. The van der Waals surface area contributed by atoms with Gasteiger partial charge in [-0.2, -0.15) is 0 Å². The Morgan fingerprint density at radius 1 is 1.25 bits per heavy atom. The third kappa shape index (κ3) is 5.57. The number of ether oxygens (including phenoxy) is 1. The van der Waals surface area contributed by atoms with E-state index in [0.717, 1.165) is 12.0 Å². The summed E-state index contributed by atoms with van der Waals surface area (Å²) >= 11 is 0. The molecule has 0 fully saturated rings. The van der Waals surface area contributed by atoms with Gasteiger partial charge in [-0.3, -0.25) is 9.69 Å². The first-order valence-electron chi connectivity index (χ1n) is 6.58. The SMILES string of the molecule is CC#CC(=O)CN(CCC)C(=O)OCc1ccccc1. The highest BCUT2D eigenvalue weighted by atomic mass is 16.6. The quantitative estimate of drug-likeness (QED) is 0.591. The zero-order chi connectivity index (χ0) is 14.8. The van der Waals surface area contributed by atoms with Gasteiger partial charge in [0, 0.05) is 6.54 Å². The zero-order valence-electron chi connectivity index (χ0n) is 11.9. The summed E-state index contributed by atoms with van der Waals surface area (Å²) in [5, 5.41) is 0. The standard InChI is InChI=1S/C16H19NO3/c1-3-8-15(18)12-17(11-4-2)16(19)20-13-14-9-6-5-7-10-14/h5-7,9-10H,4,11-13H2,1-2H3. The van der Waals surface area contributed by atoms with E-state index in [-0.39, 0.29) is 18.9 Å². The van der Waals surface area contributed by atoms with Gasteiger partial charge in [0.25, 0.3) is 0 Å². The van der Waals surface area contributed by atoms with Crippen LogP contribution in [0, 0.1) is 11.8 Å². The van der Waals surface area contributed by atoms with Crippen LogP contribution in [-0.2, 0) is 16.1 Å². The first-order valence-corrected chi connectivity index (χ1v) is 6.58. The summed E-state index contributed by atoms with van der Waals surface area (Å²) in [5.41, 5.74) is 0.914. The number of amides is 1. The number of Topliss-reactive ketones (excluding diaryl/α,β-unsaturated/α-hetero) is 1. The maximum atomic E-state index is 11.9. The summed E-state index contributed by atoms with van der Waals surface area (Å²) < 4.78 is 5.21. The minimum Gasteiger partial charge on any atom is -0.445 e. The lowest BCUT2D eigenvalue weighted by molar-refractivity contribution is -0.114. The van der Waals surface area contributed by atoms with E-state index < -0.39 is 6.09 Å². The molecule has 0 atom stereocenters. The van der Waals surface area contributed by atoms with Crippen molar-refractivity contribution in [2.75, 3.05) is 13.1 Å². The topological polar surface area (TPSA) is 46.6 Å². The summed E-state index contributed by atoms with van der Waals surface area (Å²) in [7, 11) is 0. The Balaban J connectivity index is 2.54. The van der Waals surface area contributed by atoms with Gasteiger partial charge < -0.3 is 4.74 Å². The Morgan fingerprint density at radius 3 is 2.55 bits per heavy atom. The van der Waals surface area contributed by atoms with Crippen molar-refractivity contribution in [1.29, 1.82) is 0 Å². The van der Waals surface area contributed by atoms with E-state index in [2.05, 4.69) is 11.8 Å². The van der Waals surface area contributed by atoms with Gasteiger partial charge in [-0.15, -0.1) is 0 Å². The number of hydrogen-bond donors (Lipinski definition) is 0. The van der Waals surface area contributed by atoms with Crippen molar-refractivity contribution in [3.8, 4) is 11.8 Å². The molecule has 4 heteroatoms. The molecule has 0 spiro atoms. The number of carbonyl (C=O) groups excluding carboxylic acids is 2. The second-order valence-corrected chi connectivity index (χ2v) is 4.26. The van der Waals surface area contributed by atoms with Crippen LogP contribution in [0.25, 0.3) is 0 Å². The molecule has 0 unspecified atom stereocenters. The van der Waals surface area contributed by atoms with Crippen molar-refractivity contribution < 1.29 is 14.3 Å². The van der Waals surface area contributed by atoms with E-state index in [0.29, 0.717) is 6.54 Å². The maximum absolute atomic E-state index is 11.9. The molecule has 0 aliphatic heterocycles. The number of nitrogens with zero attached hydrogens (tertiary/aromatic N) is 1. The molecule has 0 aliphatic carbocycles. The predicted molar refractivity (Wildman–Crippen MR) is 76.9 cm³/mol. The Bertz CT molecular complexity index is 499. The van der Waals surface area contributed by atoms with Crippen LogP contribution in [0.3, 0.4) is 0 Å². The normalized spacial score (nSPS) is 9.30. The Hall–Kier alpha value is -2.28. The average molecular weight is 273 g/mol. The molecule has 4 nitrogen and oxygen atoms in total. The van der Waals surface area contributed by atoms with Crippen LogP contribution in [0.5, 0.6) is 0 Å². The van der Waals surface area contributed by atoms with E-state index in [9.17, 15) is 9.59 Å². The highest BCUT2D eigenvalue weighted by molar-refractivity contribution is 5.98. The summed E-state index contributed by atoms with van der Waals surface area (Å²) in [6.07, 6.45) is 0.273. The van der Waals surface area contributed by atoms with E-state index in [1.165, 1.54) is 4.90 Å². The van der Waals surface area contributed by atoms with Crippen molar-refractivity contribution in [3.05, 3.63) is 35.9 Å². The molecule has 0 N–H and O–H groups in total. The molecule has 1 rings (SSSR count). The monoisotopic (exact) mass is 273 g/mol. The molecule has 106 valence electrons. The fraction of sp³-hybridized carbons (Fsp3) is 0.375. The maximum Gasteiger partial charge on any atom is 0.410 e. The number of carbonyl (C=O) groups is 2. The van der Waals surface area contributed by atoms with Crippen LogP contribution < -0.4 is 0 Å². The fourth-order valence-electron chi connectivity index (χ4n) is 1.67. The van der Waals surface area contributed by atoms with Crippen molar-refractivity contribution >= 4 is 11.9 Å². The van der Waals surface area contributed by atoms with Gasteiger partial charge in [0.1, 0.15) is 6.61 Å². The van der Waals surface area contributed by atoms with Gasteiger partial charge >= 0.3 is 6.09 Å². The third-order valence-electron chi connectivity index (χ3n) is 2.56. The van der Waals surface area contributed by atoms with Crippen LogP contribution in [0.1, 0.15) is 25.8 Å². The highest BCUT2D eigenvalue weighted by Gasteiger charge is 2.16. The Morgan fingerprint density at radius 2 is 1.95 bits per heavy atom. The van der Waals surface area contributed by atoms with Gasteiger partial charge in [-0.25, -0.2) is 4.79 Å². The molecular formula is C16H19NO3. The molecule has 1 aromatic carbocycles. The molecular weight excluding hydrogens is 254 g/mol. The van der Waals surface area contributed by atoms with Crippen molar-refractivity contribution in [1.82, 2.24) is 4.90 Å². The molecule has 1 amide bonds. The number of ketones is 1. The fourth-order valence-corrected chi connectivity index (χ4v) is 1.67. The summed E-state index contributed by atoms with van der Waals surface area (Å²) in [6, 6.07) is 9.42. The summed E-state index contributed by atoms with van der Waals surface area (Å²) in [6.45, 7) is 4.18. The second-order valence-electron chi connectivity index (χ2n) is 4.26. The molecule has 0 heterocycles. The van der Waals surface area contributed by atoms with Crippen molar-refractivity contribution in [3.63, 3.8) is 0 Å². The minimum absolute atomic E-state index is 0.0255. The molecule has 0 saturated heterocycles. The number of benzene rings is 1. The molecule has 0 saturated carbocycles. The Kier molecular flexibility index (Phi) is 6.91. The van der Waals surface area contributed by atoms with Crippen molar-refractivity contribution in [2.45, 2.75) is 26.9 Å². The van der Waals surface area contributed by atoms with Crippen molar-refractivity contribution in [2.24, 2.45) is 0 Å². The van der Waals surface area contributed by atoms with Crippen LogP contribution >= 0.6 is 0 Å². The lowest BCUT2D eigenvalue weighted by Crippen LogP contribution is -2.36. The molecule has 20 heavy (non-hydrogen) atoms. The van der Waals surface area contributed by atoms with Gasteiger partial charge in [0.2, 0.25) is 5.78 Å². The minimum atomic E-state index is -0.484. The average Bonchev–Trinajstić information content (AvgIpc) is 2.45. The van der Waals surface area contributed by atoms with Gasteiger partial charge in [0.05, 0.1) is 6.54 Å². The van der Waals surface area contributed by atoms with Gasteiger partial charge in [0.15, 0.2) is 0 Å². The molecule has 1 aromatic rings. The van der Waals surface area contributed by atoms with E-state index in [1.54, 1.807) is 6.92 Å². The third-order valence-corrected chi connectivity index (χ3v) is 2.56. The van der Waals surface area contributed by atoms with Crippen LogP contribution in [0.15, 0.2) is 30.3 Å². The molecule has 0 bridgehead atoms. The van der Waals surface area contributed by atoms with E-state index >= 15 is 0 Å². The first-order chi connectivity index (χ1) is 9.67. The summed E-state index contributed by atoms with van der Waals surface area (Å²) in [5.74, 6) is 4.68. The predicted octanol–water partition coefficient (Wildman–Crippen LogP) is 2.63. The smallest absolute Gasteiger partial charge is 0.410 e. The number of hydrogen-bond acceptors (Lipinski definition) is 3. The van der Waals surface area contributed by atoms with Crippen LogP contribution in [0.2, 0.25) is 0 Å². The number of rotatable bonds is 6. The van der Waals surface area contributed by atoms with Gasteiger partial charge in [-0.1, -0.05) is 43.2 Å². The van der Waals surface area contributed by atoms with Crippen LogP contribution in [-0.4, -0.2) is 29.9 Å². The molecule has 0 radical (unpaired) electrons.